The van der Waals surface area contributed by atoms with Gasteiger partial charge in [-0.1, -0.05) is 36.2 Å². The number of nitrogens with zero attached hydrogens (tertiary/aromatic N) is 3. The highest BCUT2D eigenvalue weighted by molar-refractivity contribution is 7.98. The second-order valence-electron chi connectivity index (χ2n) is 7.86. The van der Waals surface area contributed by atoms with Gasteiger partial charge in [-0.05, 0) is 50.6 Å². The first-order chi connectivity index (χ1) is 13.2. The van der Waals surface area contributed by atoms with E-state index in [4.69, 9.17) is 16.3 Å². The van der Waals surface area contributed by atoms with Crippen LogP contribution in [0.5, 0.6) is 0 Å². The largest absolute Gasteiger partial charge is 0.459 e. The van der Waals surface area contributed by atoms with Crippen LogP contribution >= 0.6 is 34.7 Å². The van der Waals surface area contributed by atoms with E-state index in [1.54, 1.807) is 0 Å². The van der Waals surface area contributed by atoms with Gasteiger partial charge in [-0.3, -0.25) is 9.59 Å². The van der Waals surface area contributed by atoms with Gasteiger partial charge in [0.25, 0.3) is 5.56 Å². The number of hydrogen-bond acceptors (Lipinski definition) is 7. The first-order valence-electron chi connectivity index (χ1n) is 9.28. The van der Waals surface area contributed by atoms with Crippen LogP contribution in [0, 0.1) is 0 Å². The van der Waals surface area contributed by atoms with Gasteiger partial charge in [-0.2, -0.15) is 10.1 Å². The van der Waals surface area contributed by atoms with Crippen molar-refractivity contribution in [1.29, 1.82) is 0 Å². The van der Waals surface area contributed by atoms with E-state index in [0.29, 0.717) is 20.9 Å². The number of halogens is 1. The summed E-state index contributed by atoms with van der Waals surface area (Å²) in [7, 11) is 0. The lowest BCUT2D eigenvalue weighted by molar-refractivity contribution is -0.156. The Labute approximate surface area is 177 Å². The van der Waals surface area contributed by atoms with Crippen LogP contribution in [0.2, 0.25) is 4.34 Å². The Morgan fingerprint density at radius 2 is 2.11 bits per heavy atom. The first-order valence-corrected chi connectivity index (χ1v) is 11.5. The molecule has 2 aromatic heterocycles. The third-order valence-corrected chi connectivity index (χ3v) is 6.47. The van der Waals surface area contributed by atoms with Crippen LogP contribution in [-0.4, -0.2) is 26.3 Å². The van der Waals surface area contributed by atoms with Crippen molar-refractivity contribution in [1.82, 2.24) is 14.8 Å². The quantitative estimate of drug-likeness (QED) is 0.480. The third kappa shape index (κ3) is 5.81. The van der Waals surface area contributed by atoms with Crippen molar-refractivity contribution in [3.8, 4) is 0 Å². The monoisotopic (exact) mass is 441 g/mol. The van der Waals surface area contributed by atoms with Crippen LogP contribution in [0.3, 0.4) is 0 Å². The fraction of sp³-hybridized carbons (Fsp3) is 0.579. The molecule has 1 aliphatic carbocycles. The summed E-state index contributed by atoms with van der Waals surface area (Å²) in [5.74, 6) is 0.317. The molecule has 2 heterocycles. The third-order valence-electron chi connectivity index (χ3n) is 4.30. The molecule has 1 aliphatic rings. The van der Waals surface area contributed by atoms with E-state index in [9.17, 15) is 9.59 Å². The molecule has 1 saturated carbocycles. The Balaban J connectivity index is 1.86. The van der Waals surface area contributed by atoms with Crippen molar-refractivity contribution in [3.05, 3.63) is 37.4 Å². The molecule has 2 aromatic rings. The van der Waals surface area contributed by atoms with Gasteiger partial charge in [-0.25, -0.2) is 4.68 Å². The zero-order valence-corrected chi connectivity index (χ0v) is 18.6. The van der Waals surface area contributed by atoms with Gasteiger partial charge in [0.15, 0.2) is 5.16 Å². The molecule has 6 nitrogen and oxygen atoms in total. The zero-order valence-electron chi connectivity index (χ0n) is 16.2. The van der Waals surface area contributed by atoms with Gasteiger partial charge < -0.3 is 4.74 Å². The normalized spacial score (nSPS) is 15.1. The summed E-state index contributed by atoms with van der Waals surface area (Å²) < 4.78 is 7.66. The predicted octanol–water partition coefficient (Wildman–Crippen LogP) is 4.64. The summed E-state index contributed by atoms with van der Waals surface area (Å²) in [5.41, 5.74) is 0.624. The summed E-state index contributed by atoms with van der Waals surface area (Å²) in [5, 5.41) is 6.92. The first kappa shape index (κ1) is 21.3. The highest BCUT2D eigenvalue weighted by atomic mass is 35.5. The molecular formula is C19H24ClN3O3S2. The molecule has 0 unspecified atom stereocenters. The Morgan fingerprint density at radius 3 is 2.71 bits per heavy atom. The molecule has 0 saturated heterocycles. The van der Waals surface area contributed by atoms with E-state index < -0.39 is 11.6 Å². The molecule has 1 fully saturated rings. The number of thiophene rings is 1. The van der Waals surface area contributed by atoms with E-state index in [1.807, 2.05) is 32.2 Å². The van der Waals surface area contributed by atoms with Crippen LogP contribution in [0.4, 0.5) is 0 Å². The number of ether oxygens (including phenoxy) is 1. The van der Waals surface area contributed by atoms with E-state index in [1.165, 1.54) is 27.8 Å². The number of hydrogen-bond donors (Lipinski definition) is 0. The summed E-state index contributed by atoms with van der Waals surface area (Å²) in [4.78, 5) is 29.2. The molecule has 0 aromatic carbocycles. The molecule has 0 N–H and O–H groups in total. The van der Waals surface area contributed by atoms with E-state index in [-0.39, 0.29) is 18.0 Å². The van der Waals surface area contributed by atoms with Gasteiger partial charge in [-0.15, -0.1) is 11.3 Å². The SMILES string of the molecule is CC(C)(C)OC(=O)Cn1nc(C2CCCC2)c(=O)nc1SCc1csc(Cl)c1. The number of carbonyl (C=O) groups is 1. The number of carbonyl (C=O) groups excluding carboxylic acids is 1. The van der Waals surface area contributed by atoms with Gasteiger partial charge in [0.05, 0.1) is 4.34 Å². The van der Waals surface area contributed by atoms with Gasteiger partial charge in [0.1, 0.15) is 17.8 Å². The molecule has 28 heavy (non-hydrogen) atoms. The molecule has 3 rings (SSSR count). The lowest BCUT2D eigenvalue weighted by Gasteiger charge is -2.20. The van der Waals surface area contributed by atoms with Gasteiger partial charge in [0, 0.05) is 11.7 Å². The van der Waals surface area contributed by atoms with Gasteiger partial charge >= 0.3 is 5.97 Å². The minimum absolute atomic E-state index is 0.0724. The minimum Gasteiger partial charge on any atom is -0.459 e. The Hall–Kier alpha value is -1.38. The average Bonchev–Trinajstić information content (AvgIpc) is 3.24. The summed E-state index contributed by atoms with van der Waals surface area (Å²) in [6, 6.07) is 1.88. The van der Waals surface area contributed by atoms with Crippen LogP contribution in [0.1, 0.15) is 63.6 Å². The van der Waals surface area contributed by atoms with Crippen LogP contribution < -0.4 is 5.56 Å². The standard InChI is InChI=1S/C19H24ClN3O3S2/c1-19(2,3)26-15(24)9-23-18(28-11-12-8-14(20)27-10-12)21-17(25)16(22-23)13-6-4-5-7-13/h8,10,13H,4-7,9,11H2,1-3H3. The maximum absolute atomic E-state index is 12.6. The van der Waals surface area contributed by atoms with Gasteiger partial charge in [0.2, 0.25) is 0 Å². The molecule has 9 heteroatoms. The Kier molecular flexibility index (Phi) is 6.83. The van der Waals surface area contributed by atoms with Crippen LogP contribution in [0.25, 0.3) is 0 Å². The second-order valence-corrected chi connectivity index (χ2v) is 10.3. The van der Waals surface area contributed by atoms with E-state index >= 15 is 0 Å². The molecule has 0 atom stereocenters. The van der Waals surface area contributed by atoms with Crippen molar-refractivity contribution in [3.63, 3.8) is 0 Å². The summed E-state index contributed by atoms with van der Waals surface area (Å²) >= 11 is 8.81. The number of aromatic nitrogens is 3. The molecule has 0 aliphatic heterocycles. The van der Waals surface area contributed by atoms with Crippen molar-refractivity contribution < 1.29 is 9.53 Å². The lowest BCUT2D eigenvalue weighted by atomic mass is 10.1. The molecule has 0 bridgehead atoms. The van der Waals surface area contributed by atoms with Crippen LogP contribution in [0.15, 0.2) is 21.4 Å². The average molecular weight is 442 g/mol. The fourth-order valence-electron chi connectivity index (χ4n) is 3.15. The second kappa shape index (κ2) is 8.97. The van der Waals surface area contributed by atoms with Crippen molar-refractivity contribution >= 4 is 40.7 Å². The smallest absolute Gasteiger partial charge is 0.328 e. The predicted molar refractivity (Wildman–Crippen MR) is 112 cm³/mol. The topological polar surface area (TPSA) is 74.1 Å². The van der Waals surface area contributed by atoms with Crippen LogP contribution in [-0.2, 0) is 21.8 Å². The van der Waals surface area contributed by atoms with Crippen molar-refractivity contribution in [2.75, 3.05) is 0 Å². The van der Waals surface area contributed by atoms with Crippen molar-refractivity contribution in [2.45, 2.75) is 75.4 Å². The lowest BCUT2D eigenvalue weighted by Crippen LogP contribution is -2.30. The molecule has 152 valence electrons. The Morgan fingerprint density at radius 1 is 1.39 bits per heavy atom. The summed E-state index contributed by atoms with van der Waals surface area (Å²) in [6.07, 6.45) is 4.06. The Bertz CT molecular complexity index is 899. The number of thioether (sulfide) groups is 1. The van der Waals surface area contributed by atoms with Crippen molar-refractivity contribution in [2.24, 2.45) is 0 Å². The zero-order chi connectivity index (χ0) is 20.3. The number of rotatable bonds is 6. The highest BCUT2D eigenvalue weighted by Gasteiger charge is 2.25. The highest BCUT2D eigenvalue weighted by Crippen LogP contribution is 2.32. The number of esters is 1. The minimum atomic E-state index is -0.585. The summed E-state index contributed by atoms with van der Waals surface area (Å²) in [6.45, 7) is 5.39. The fourth-order valence-corrected chi connectivity index (χ4v) is 5.03. The molecule has 0 radical (unpaired) electrons. The molecular weight excluding hydrogens is 418 g/mol. The maximum atomic E-state index is 12.6. The van der Waals surface area contributed by atoms with E-state index in [2.05, 4.69) is 10.1 Å². The molecule has 0 amide bonds. The maximum Gasteiger partial charge on any atom is 0.328 e. The molecule has 0 spiro atoms. The van der Waals surface area contributed by atoms with E-state index in [0.717, 1.165) is 31.2 Å².